The summed E-state index contributed by atoms with van der Waals surface area (Å²) < 4.78 is 0. The van der Waals surface area contributed by atoms with Crippen LogP contribution in [0.4, 0.5) is 5.95 Å². The van der Waals surface area contributed by atoms with Crippen LogP contribution in [0.3, 0.4) is 0 Å². The van der Waals surface area contributed by atoms with Crippen molar-refractivity contribution in [2.45, 2.75) is 18.9 Å². The van der Waals surface area contributed by atoms with Crippen molar-refractivity contribution >= 4 is 5.95 Å². The van der Waals surface area contributed by atoms with Gasteiger partial charge in [-0.1, -0.05) is 0 Å². The van der Waals surface area contributed by atoms with Crippen molar-refractivity contribution in [3.8, 4) is 11.3 Å². The van der Waals surface area contributed by atoms with Crippen LogP contribution in [0.1, 0.15) is 12.8 Å². The lowest BCUT2D eigenvalue weighted by Gasteiger charge is -2.04. The summed E-state index contributed by atoms with van der Waals surface area (Å²) in [7, 11) is 0. The van der Waals surface area contributed by atoms with Crippen molar-refractivity contribution in [1.29, 1.82) is 0 Å². The van der Waals surface area contributed by atoms with Crippen LogP contribution in [0.25, 0.3) is 11.3 Å². The molecule has 0 spiro atoms. The first-order valence-corrected chi connectivity index (χ1v) is 5.42. The molecule has 1 N–H and O–H groups in total. The van der Waals surface area contributed by atoms with Crippen LogP contribution >= 0.6 is 0 Å². The molecule has 0 saturated heterocycles. The van der Waals surface area contributed by atoms with E-state index in [1.54, 1.807) is 12.4 Å². The van der Waals surface area contributed by atoms with Gasteiger partial charge in [-0.25, -0.2) is 9.97 Å². The van der Waals surface area contributed by atoms with Gasteiger partial charge in [0.1, 0.15) is 0 Å². The summed E-state index contributed by atoms with van der Waals surface area (Å²) in [6.45, 7) is 0. The third-order valence-electron chi connectivity index (χ3n) is 2.52. The third kappa shape index (κ3) is 2.00. The SMILES string of the molecule is c1cncc(-c2ccnc(NC3CC3)n2)c1. The first-order chi connectivity index (χ1) is 7.92. The molecule has 2 aromatic rings. The highest BCUT2D eigenvalue weighted by molar-refractivity contribution is 5.58. The molecule has 0 aliphatic heterocycles. The second kappa shape index (κ2) is 3.89. The molecular weight excluding hydrogens is 200 g/mol. The van der Waals surface area contributed by atoms with Crippen LogP contribution in [-0.4, -0.2) is 21.0 Å². The molecule has 3 rings (SSSR count). The van der Waals surface area contributed by atoms with E-state index in [-0.39, 0.29) is 0 Å². The molecule has 1 aliphatic carbocycles. The topological polar surface area (TPSA) is 50.7 Å². The highest BCUT2D eigenvalue weighted by atomic mass is 15.1. The van der Waals surface area contributed by atoms with E-state index in [0.717, 1.165) is 11.3 Å². The molecular formula is C12H12N4. The van der Waals surface area contributed by atoms with Crippen LogP contribution in [0, 0.1) is 0 Å². The zero-order valence-corrected chi connectivity index (χ0v) is 8.80. The monoisotopic (exact) mass is 212 g/mol. The summed E-state index contributed by atoms with van der Waals surface area (Å²) in [6.07, 6.45) is 7.79. The maximum absolute atomic E-state index is 4.46. The van der Waals surface area contributed by atoms with Gasteiger partial charge in [-0.05, 0) is 31.0 Å². The lowest BCUT2D eigenvalue weighted by Crippen LogP contribution is -2.05. The number of hydrogen-bond donors (Lipinski definition) is 1. The fourth-order valence-corrected chi connectivity index (χ4v) is 1.51. The van der Waals surface area contributed by atoms with Crippen molar-refractivity contribution in [3.05, 3.63) is 36.8 Å². The summed E-state index contributed by atoms with van der Waals surface area (Å²) in [5, 5.41) is 3.28. The van der Waals surface area contributed by atoms with E-state index in [1.165, 1.54) is 12.8 Å². The van der Waals surface area contributed by atoms with Crippen molar-refractivity contribution in [2.75, 3.05) is 5.32 Å². The minimum absolute atomic E-state index is 0.573. The van der Waals surface area contributed by atoms with E-state index in [1.807, 2.05) is 24.4 Å². The van der Waals surface area contributed by atoms with Gasteiger partial charge in [0.2, 0.25) is 5.95 Å². The Kier molecular flexibility index (Phi) is 2.25. The molecule has 0 unspecified atom stereocenters. The fraction of sp³-hybridized carbons (Fsp3) is 0.250. The first-order valence-electron chi connectivity index (χ1n) is 5.42. The van der Waals surface area contributed by atoms with Gasteiger partial charge < -0.3 is 5.32 Å². The van der Waals surface area contributed by atoms with Crippen LogP contribution in [0.5, 0.6) is 0 Å². The predicted molar refractivity (Wildman–Crippen MR) is 61.9 cm³/mol. The molecule has 16 heavy (non-hydrogen) atoms. The minimum Gasteiger partial charge on any atom is -0.351 e. The Morgan fingerprint density at radius 3 is 2.88 bits per heavy atom. The molecule has 1 fully saturated rings. The van der Waals surface area contributed by atoms with E-state index in [9.17, 15) is 0 Å². The number of aromatic nitrogens is 3. The lowest BCUT2D eigenvalue weighted by molar-refractivity contribution is 1.05. The third-order valence-corrected chi connectivity index (χ3v) is 2.52. The van der Waals surface area contributed by atoms with Crippen molar-refractivity contribution < 1.29 is 0 Å². The Labute approximate surface area is 93.8 Å². The van der Waals surface area contributed by atoms with Gasteiger partial charge in [0.15, 0.2) is 0 Å². The summed E-state index contributed by atoms with van der Waals surface area (Å²) >= 11 is 0. The van der Waals surface area contributed by atoms with Gasteiger partial charge in [0, 0.05) is 30.2 Å². The van der Waals surface area contributed by atoms with E-state index >= 15 is 0 Å². The molecule has 0 aromatic carbocycles. The summed E-state index contributed by atoms with van der Waals surface area (Å²) in [6, 6.07) is 6.38. The minimum atomic E-state index is 0.573. The Morgan fingerprint density at radius 2 is 2.12 bits per heavy atom. The summed E-state index contributed by atoms with van der Waals surface area (Å²) in [4.78, 5) is 12.7. The molecule has 80 valence electrons. The molecule has 0 atom stereocenters. The van der Waals surface area contributed by atoms with Crippen molar-refractivity contribution in [1.82, 2.24) is 15.0 Å². The normalized spacial score (nSPS) is 14.8. The predicted octanol–water partition coefficient (Wildman–Crippen LogP) is 2.11. The van der Waals surface area contributed by atoms with Crippen LogP contribution in [0.2, 0.25) is 0 Å². The maximum atomic E-state index is 4.46. The van der Waals surface area contributed by atoms with E-state index in [2.05, 4.69) is 20.3 Å². The number of anilines is 1. The Balaban J connectivity index is 1.89. The van der Waals surface area contributed by atoms with Gasteiger partial charge in [-0.2, -0.15) is 0 Å². The van der Waals surface area contributed by atoms with Gasteiger partial charge in [0.05, 0.1) is 5.69 Å². The Bertz CT molecular complexity index is 479. The van der Waals surface area contributed by atoms with E-state index in [4.69, 9.17) is 0 Å². The van der Waals surface area contributed by atoms with Crippen LogP contribution in [-0.2, 0) is 0 Å². The fourth-order valence-electron chi connectivity index (χ4n) is 1.51. The average Bonchev–Trinajstić information content (AvgIpc) is 3.15. The standard InChI is InChI=1S/C12H12N4/c1-2-9(8-13-6-1)11-5-7-14-12(16-11)15-10-3-4-10/h1-2,5-8,10H,3-4H2,(H,14,15,16). The smallest absolute Gasteiger partial charge is 0.223 e. The quantitative estimate of drug-likeness (QED) is 0.846. The Morgan fingerprint density at radius 1 is 1.19 bits per heavy atom. The van der Waals surface area contributed by atoms with E-state index in [0.29, 0.717) is 12.0 Å². The Hall–Kier alpha value is -1.97. The molecule has 0 bridgehead atoms. The molecule has 0 radical (unpaired) electrons. The largest absolute Gasteiger partial charge is 0.351 e. The zero-order chi connectivity index (χ0) is 10.8. The molecule has 4 heteroatoms. The average molecular weight is 212 g/mol. The number of pyridine rings is 1. The van der Waals surface area contributed by atoms with Crippen molar-refractivity contribution in [3.63, 3.8) is 0 Å². The number of nitrogens with one attached hydrogen (secondary N) is 1. The maximum Gasteiger partial charge on any atom is 0.223 e. The van der Waals surface area contributed by atoms with Gasteiger partial charge >= 0.3 is 0 Å². The molecule has 2 heterocycles. The lowest BCUT2D eigenvalue weighted by atomic mass is 10.2. The van der Waals surface area contributed by atoms with Gasteiger partial charge in [0.25, 0.3) is 0 Å². The molecule has 1 aliphatic rings. The highest BCUT2D eigenvalue weighted by Crippen LogP contribution is 2.23. The summed E-state index contributed by atoms with van der Waals surface area (Å²) in [5.74, 6) is 0.712. The van der Waals surface area contributed by atoms with Crippen LogP contribution < -0.4 is 5.32 Å². The molecule has 1 saturated carbocycles. The number of rotatable bonds is 3. The van der Waals surface area contributed by atoms with E-state index < -0.39 is 0 Å². The van der Waals surface area contributed by atoms with Gasteiger partial charge in [-0.15, -0.1) is 0 Å². The van der Waals surface area contributed by atoms with Crippen LogP contribution in [0.15, 0.2) is 36.8 Å². The zero-order valence-electron chi connectivity index (χ0n) is 8.80. The first kappa shape index (κ1) is 9.27. The second-order valence-corrected chi connectivity index (χ2v) is 3.93. The molecule has 4 nitrogen and oxygen atoms in total. The summed E-state index contributed by atoms with van der Waals surface area (Å²) in [5.41, 5.74) is 1.93. The second-order valence-electron chi connectivity index (χ2n) is 3.93. The van der Waals surface area contributed by atoms with Crippen molar-refractivity contribution in [2.24, 2.45) is 0 Å². The van der Waals surface area contributed by atoms with Gasteiger partial charge in [-0.3, -0.25) is 4.98 Å². The molecule has 0 amide bonds. The highest BCUT2D eigenvalue weighted by Gasteiger charge is 2.21. The number of nitrogens with zero attached hydrogens (tertiary/aromatic N) is 3. The number of hydrogen-bond acceptors (Lipinski definition) is 4. The molecule has 2 aromatic heterocycles.